The lowest BCUT2D eigenvalue weighted by atomic mass is 10.2. The monoisotopic (exact) mass is 231 g/mol. The first-order valence-corrected chi connectivity index (χ1v) is 5.00. The Balaban J connectivity index is 2.24. The van der Waals surface area contributed by atoms with Crippen molar-refractivity contribution in [1.82, 2.24) is 9.97 Å². The van der Waals surface area contributed by atoms with Crippen molar-refractivity contribution >= 4 is 11.6 Å². The van der Waals surface area contributed by atoms with Gasteiger partial charge in [-0.3, -0.25) is 14.8 Å². The first-order valence-electron chi connectivity index (χ1n) is 5.00. The van der Waals surface area contributed by atoms with Gasteiger partial charge >= 0.3 is 0 Å². The van der Waals surface area contributed by atoms with Crippen LogP contribution in [0.15, 0.2) is 36.9 Å². The zero-order valence-corrected chi connectivity index (χ0v) is 9.14. The number of hydrogen-bond acceptors (Lipinski definition) is 3. The summed E-state index contributed by atoms with van der Waals surface area (Å²) in [5, 5.41) is 2.62. The highest BCUT2D eigenvalue weighted by atomic mass is 19.1. The van der Waals surface area contributed by atoms with Crippen LogP contribution in [0.4, 0.5) is 10.1 Å². The second kappa shape index (κ2) is 4.69. The van der Waals surface area contributed by atoms with Gasteiger partial charge in [-0.15, -0.1) is 0 Å². The van der Waals surface area contributed by atoms with Gasteiger partial charge in [-0.2, -0.15) is 0 Å². The molecule has 2 aromatic heterocycles. The van der Waals surface area contributed by atoms with E-state index < -0.39 is 11.7 Å². The van der Waals surface area contributed by atoms with Crippen LogP contribution in [0.2, 0.25) is 0 Å². The molecule has 2 rings (SSSR count). The Hall–Kier alpha value is -2.30. The van der Waals surface area contributed by atoms with Gasteiger partial charge in [0.1, 0.15) is 0 Å². The molecule has 0 saturated carbocycles. The fourth-order valence-corrected chi connectivity index (χ4v) is 1.36. The van der Waals surface area contributed by atoms with Crippen LogP contribution in [-0.4, -0.2) is 15.9 Å². The number of aryl methyl sites for hydroxylation is 1. The number of nitrogens with one attached hydrogen (secondary N) is 1. The molecule has 0 spiro atoms. The number of carbonyl (C=O) groups excluding carboxylic acids is 1. The molecule has 86 valence electrons. The molecule has 0 aliphatic heterocycles. The lowest BCUT2D eigenvalue weighted by Crippen LogP contribution is -2.14. The molecule has 0 aliphatic carbocycles. The third-order valence-electron chi connectivity index (χ3n) is 2.29. The van der Waals surface area contributed by atoms with Gasteiger partial charge in [0.25, 0.3) is 5.91 Å². The normalized spacial score (nSPS) is 10.0. The first-order chi connectivity index (χ1) is 8.18. The first kappa shape index (κ1) is 11.2. The van der Waals surface area contributed by atoms with E-state index in [0.29, 0.717) is 5.69 Å². The zero-order chi connectivity index (χ0) is 12.3. The molecule has 2 aromatic rings. The SMILES string of the molecule is Cc1cnccc1NC(=O)c1ccncc1F. The van der Waals surface area contributed by atoms with Gasteiger partial charge in [0.05, 0.1) is 11.8 Å². The Morgan fingerprint density at radius 3 is 2.65 bits per heavy atom. The molecule has 1 N–H and O–H groups in total. The largest absolute Gasteiger partial charge is 0.322 e. The molecule has 2 heterocycles. The lowest BCUT2D eigenvalue weighted by molar-refractivity contribution is 0.102. The van der Waals surface area contributed by atoms with E-state index in [1.54, 1.807) is 18.5 Å². The third-order valence-corrected chi connectivity index (χ3v) is 2.29. The average Bonchev–Trinajstić information content (AvgIpc) is 2.32. The van der Waals surface area contributed by atoms with Crippen molar-refractivity contribution in [2.24, 2.45) is 0 Å². The number of amides is 1. The Kier molecular flexibility index (Phi) is 3.09. The Bertz CT molecular complexity index is 557. The maximum absolute atomic E-state index is 13.3. The van der Waals surface area contributed by atoms with Crippen LogP contribution in [0.3, 0.4) is 0 Å². The van der Waals surface area contributed by atoms with Gasteiger partial charge < -0.3 is 5.32 Å². The van der Waals surface area contributed by atoms with Crippen molar-refractivity contribution in [3.05, 3.63) is 53.9 Å². The van der Waals surface area contributed by atoms with E-state index in [1.807, 2.05) is 6.92 Å². The van der Waals surface area contributed by atoms with Crippen LogP contribution in [0.1, 0.15) is 15.9 Å². The van der Waals surface area contributed by atoms with E-state index in [4.69, 9.17) is 0 Å². The number of aromatic nitrogens is 2. The van der Waals surface area contributed by atoms with Gasteiger partial charge in [-0.05, 0) is 24.6 Å². The van der Waals surface area contributed by atoms with Gasteiger partial charge in [0.15, 0.2) is 5.82 Å². The number of carbonyl (C=O) groups is 1. The van der Waals surface area contributed by atoms with Crippen LogP contribution in [0.5, 0.6) is 0 Å². The molecule has 17 heavy (non-hydrogen) atoms. The topological polar surface area (TPSA) is 54.9 Å². The van der Waals surface area contributed by atoms with Crippen LogP contribution >= 0.6 is 0 Å². The smallest absolute Gasteiger partial charge is 0.258 e. The fourth-order valence-electron chi connectivity index (χ4n) is 1.36. The molecule has 4 nitrogen and oxygen atoms in total. The summed E-state index contributed by atoms with van der Waals surface area (Å²) in [5.74, 6) is -1.14. The Morgan fingerprint density at radius 2 is 1.94 bits per heavy atom. The standard InChI is InChI=1S/C12H10FN3O/c1-8-6-14-5-3-11(8)16-12(17)9-2-4-15-7-10(9)13/h2-7H,1H3,(H,14,16,17). The number of rotatable bonds is 2. The molecule has 0 atom stereocenters. The number of nitrogens with zero attached hydrogens (tertiary/aromatic N) is 2. The minimum absolute atomic E-state index is 0.0313. The number of hydrogen-bond donors (Lipinski definition) is 1. The predicted molar refractivity (Wildman–Crippen MR) is 61.1 cm³/mol. The van der Waals surface area contributed by atoms with Crippen LogP contribution in [-0.2, 0) is 0 Å². The Morgan fingerprint density at radius 1 is 1.24 bits per heavy atom. The summed E-state index contributed by atoms with van der Waals surface area (Å²) >= 11 is 0. The Labute approximate surface area is 97.5 Å². The second-order valence-corrected chi connectivity index (χ2v) is 3.50. The molecule has 0 radical (unpaired) electrons. The highest BCUT2D eigenvalue weighted by Gasteiger charge is 2.12. The highest BCUT2D eigenvalue weighted by molar-refractivity contribution is 6.04. The summed E-state index contributed by atoms with van der Waals surface area (Å²) in [4.78, 5) is 19.3. The minimum Gasteiger partial charge on any atom is -0.322 e. The number of halogens is 1. The fraction of sp³-hybridized carbons (Fsp3) is 0.0833. The van der Waals surface area contributed by atoms with Crippen LogP contribution in [0.25, 0.3) is 0 Å². The van der Waals surface area contributed by atoms with Gasteiger partial charge in [-0.25, -0.2) is 4.39 Å². The van der Waals surface area contributed by atoms with Gasteiger partial charge in [0.2, 0.25) is 0 Å². The highest BCUT2D eigenvalue weighted by Crippen LogP contribution is 2.14. The predicted octanol–water partition coefficient (Wildman–Crippen LogP) is 2.18. The van der Waals surface area contributed by atoms with E-state index in [9.17, 15) is 9.18 Å². The molecule has 0 bridgehead atoms. The average molecular weight is 231 g/mol. The van der Waals surface area contributed by atoms with Gasteiger partial charge in [-0.1, -0.05) is 0 Å². The molecule has 0 saturated heterocycles. The van der Waals surface area contributed by atoms with Crippen molar-refractivity contribution < 1.29 is 9.18 Å². The molecule has 0 unspecified atom stereocenters. The summed E-state index contributed by atoms with van der Waals surface area (Å²) in [6.07, 6.45) is 5.57. The maximum atomic E-state index is 13.3. The van der Waals surface area contributed by atoms with Crippen LogP contribution in [0, 0.1) is 12.7 Å². The summed E-state index contributed by atoms with van der Waals surface area (Å²) < 4.78 is 13.3. The van der Waals surface area contributed by atoms with Crippen molar-refractivity contribution in [2.75, 3.05) is 5.32 Å². The van der Waals surface area contributed by atoms with Gasteiger partial charge in [0, 0.05) is 24.3 Å². The molecule has 5 heteroatoms. The van der Waals surface area contributed by atoms with E-state index >= 15 is 0 Å². The molecule has 0 aliphatic rings. The molecular formula is C12H10FN3O. The lowest BCUT2D eigenvalue weighted by Gasteiger charge is -2.07. The van der Waals surface area contributed by atoms with Crippen molar-refractivity contribution in [3.8, 4) is 0 Å². The van der Waals surface area contributed by atoms with E-state index in [-0.39, 0.29) is 5.56 Å². The summed E-state index contributed by atoms with van der Waals surface area (Å²) in [7, 11) is 0. The molecule has 1 amide bonds. The van der Waals surface area contributed by atoms with E-state index in [0.717, 1.165) is 11.8 Å². The summed E-state index contributed by atoms with van der Waals surface area (Å²) in [5.41, 5.74) is 1.40. The number of pyridine rings is 2. The van der Waals surface area contributed by atoms with Crippen molar-refractivity contribution in [1.29, 1.82) is 0 Å². The molecule has 0 fully saturated rings. The third kappa shape index (κ3) is 2.44. The maximum Gasteiger partial charge on any atom is 0.258 e. The summed E-state index contributed by atoms with van der Waals surface area (Å²) in [6, 6.07) is 2.99. The quantitative estimate of drug-likeness (QED) is 0.861. The molecule has 0 aromatic carbocycles. The summed E-state index contributed by atoms with van der Waals surface area (Å²) in [6.45, 7) is 1.81. The van der Waals surface area contributed by atoms with Crippen molar-refractivity contribution in [3.63, 3.8) is 0 Å². The second-order valence-electron chi connectivity index (χ2n) is 3.50. The van der Waals surface area contributed by atoms with E-state index in [1.165, 1.54) is 12.3 Å². The number of anilines is 1. The van der Waals surface area contributed by atoms with Crippen LogP contribution < -0.4 is 5.32 Å². The van der Waals surface area contributed by atoms with Crippen molar-refractivity contribution in [2.45, 2.75) is 6.92 Å². The minimum atomic E-state index is -0.642. The van der Waals surface area contributed by atoms with E-state index in [2.05, 4.69) is 15.3 Å². The molecular weight excluding hydrogens is 221 g/mol. The zero-order valence-electron chi connectivity index (χ0n) is 9.14.